The largest absolute Gasteiger partial charge is 0.496 e. The molecule has 1 aliphatic rings. The summed E-state index contributed by atoms with van der Waals surface area (Å²) in [7, 11) is 3.34. The average Bonchev–Trinajstić information content (AvgIpc) is 2.73. The summed E-state index contributed by atoms with van der Waals surface area (Å²) in [5, 5.41) is 0. The van der Waals surface area contributed by atoms with Gasteiger partial charge in [0, 0.05) is 19.2 Å². The summed E-state index contributed by atoms with van der Waals surface area (Å²) in [4.78, 5) is 14.9. The van der Waals surface area contributed by atoms with Crippen LogP contribution in [0, 0.1) is 6.92 Å². The molecule has 2 aromatic carbocycles. The highest BCUT2D eigenvalue weighted by molar-refractivity contribution is 5.79. The summed E-state index contributed by atoms with van der Waals surface area (Å²) in [5.74, 6) is 1.65. The Morgan fingerprint density at radius 1 is 1.14 bits per heavy atom. The van der Waals surface area contributed by atoms with E-state index in [9.17, 15) is 4.79 Å². The highest BCUT2D eigenvalue weighted by Crippen LogP contribution is 2.28. The fraction of sp³-hybridized carbons (Fsp3) is 0.435. The van der Waals surface area contributed by atoms with Gasteiger partial charge in [0.1, 0.15) is 23.7 Å². The van der Waals surface area contributed by atoms with Crippen LogP contribution in [0.4, 0.5) is 0 Å². The minimum absolute atomic E-state index is 0.0877. The van der Waals surface area contributed by atoms with Crippen LogP contribution in [0.3, 0.4) is 0 Å². The van der Waals surface area contributed by atoms with Crippen molar-refractivity contribution in [2.24, 2.45) is 0 Å². The number of para-hydroxylation sites is 1. The first-order valence-corrected chi connectivity index (χ1v) is 9.69. The second-order valence-electron chi connectivity index (χ2n) is 7.40. The molecule has 28 heavy (non-hydrogen) atoms. The molecule has 150 valence electrons. The van der Waals surface area contributed by atoms with Crippen molar-refractivity contribution in [3.8, 4) is 11.5 Å². The maximum absolute atomic E-state index is 13.0. The van der Waals surface area contributed by atoms with Crippen LogP contribution >= 0.6 is 0 Å². The SMILES string of the molecule is COc1ccc(C)cc1CC(=O)N1CCCC(COc2ccccc2)(OC)C1. The smallest absolute Gasteiger partial charge is 0.227 e. The summed E-state index contributed by atoms with van der Waals surface area (Å²) in [6.07, 6.45) is 2.08. The fourth-order valence-electron chi connectivity index (χ4n) is 3.71. The molecule has 0 radical (unpaired) electrons. The molecule has 1 atom stereocenters. The number of likely N-dealkylation sites (tertiary alicyclic amines) is 1. The molecule has 0 N–H and O–H groups in total. The van der Waals surface area contributed by atoms with Crippen LogP contribution in [-0.4, -0.2) is 50.3 Å². The molecule has 0 bridgehead atoms. The lowest BCUT2D eigenvalue weighted by Crippen LogP contribution is -2.54. The lowest BCUT2D eigenvalue weighted by molar-refractivity contribution is -0.142. The molecule has 5 nitrogen and oxygen atoms in total. The van der Waals surface area contributed by atoms with Gasteiger partial charge in [0.05, 0.1) is 20.1 Å². The maximum Gasteiger partial charge on any atom is 0.227 e. The van der Waals surface area contributed by atoms with E-state index in [4.69, 9.17) is 14.2 Å². The van der Waals surface area contributed by atoms with E-state index >= 15 is 0 Å². The van der Waals surface area contributed by atoms with Crippen molar-refractivity contribution in [2.45, 2.75) is 31.8 Å². The number of nitrogens with zero attached hydrogens (tertiary/aromatic N) is 1. The quantitative estimate of drug-likeness (QED) is 0.733. The standard InChI is InChI=1S/C23H29NO4/c1-18-10-11-21(26-2)19(14-18)15-22(25)24-13-7-12-23(16-24,27-3)17-28-20-8-5-4-6-9-20/h4-6,8-11,14H,7,12-13,15-17H2,1-3H3. The van der Waals surface area contributed by atoms with E-state index in [-0.39, 0.29) is 5.91 Å². The number of aryl methyl sites for hydroxylation is 1. The lowest BCUT2D eigenvalue weighted by atomic mass is 9.92. The molecule has 0 aromatic heterocycles. The highest BCUT2D eigenvalue weighted by atomic mass is 16.5. The zero-order valence-corrected chi connectivity index (χ0v) is 16.9. The zero-order valence-electron chi connectivity index (χ0n) is 16.9. The maximum atomic E-state index is 13.0. The molecule has 1 saturated heterocycles. The number of rotatable bonds is 7. The molecule has 3 rings (SSSR count). The Labute approximate surface area is 167 Å². The molecule has 1 amide bonds. The monoisotopic (exact) mass is 383 g/mol. The second-order valence-corrected chi connectivity index (χ2v) is 7.40. The molecule has 0 spiro atoms. The minimum atomic E-state index is -0.486. The van der Waals surface area contributed by atoms with Crippen molar-refractivity contribution in [1.82, 2.24) is 4.90 Å². The van der Waals surface area contributed by atoms with E-state index in [2.05, 4.69) is 0 Å². The zero-order chi connectivity index (χ0) is 20.0. The molecule has 5 heteroatoms. The number of ether oxygens (including phenoxy) is 3. The first kappa shape index (κ1) is 20.2. The van der Waals surface area contributed by atoms with Crippen molar-refractivity contribution in [2.75, 3.05) is 33.9 Å². The van der Waals surface area contributed by atoms with E-state index in [1.165, 1.54) is 0 Å². The topological polar surface area (TPSA) is 48.0 Å². The van der Waals surface area contributed by atoms with Gasteiger partial charge in [0.2, 0.25) is 5.91 Å². The molecule has 1 fully saturated rings. The number of hydrogen-bond donors (Lipinski definition) is 0. The number of piperidine rings is 1. The van der Waals surface area contributed by atoms with Crippen LogP contribution in [0.2, 0.25) is 0 Å². The number of carbonyl (C=O) groups is 1. The van der Waals surface area contributed by atoms with Gasteiger partial charge in [-0.05, 0) is 38.0 Å². The van der Waals surface area contributed by atoms with Crippen molar-refractivity contribution >= 4 is 5.91 Å². The summed E-state index contributed by atoms with van der Waals surface area (Å²) in [6.45, 7) is 3.71. The van der Waals surface area contributed by atoms with Crippen LogP contribution in [0.15, 0.2) is 48.5 Å². The van der Waals surface area contributed by atoms with Gasteiger partial charge in [-0.25, -0.2) is 0 Å². The summed E-state index contributed by atoms with van der Waals surface area (Å²) in [5.41, 5.74) is 1.55. The van der Waals surface area contributed by atoms with Gasteiger partial charge in [0.15, 0.2) is 0 Å². The molecular formula is C23H29NO4. The van der Waals surface area contributed by atoms with Crippen molar-refractivity contribution in [3.05, 3.63) is 59.7 Å². The van der Waals surface area contributed by atoms with Crippen molar-refractivity contribution in [1.29, 1.82) is 0 Å². The Bertz CT molecular complexity index is 792. The molecule has 1 aliphatic heterocycles. The number of benzene rings is 2. The number of hydrogen-bond acceptors (Lipinski definition) is 4. The van der Waals surface area contributed by atoms with Gasteiger partial charge < -0.3 is 19.1 Å². The van der Waals surface area contributed by atoms with Crippen molar-refractivity contribution < 1.29 is 19.0 Å². The molecular weight excluding hydrogens is 354 g/mol. The first-order valence-electron chi connectivity index (χ1n) is 9.69. The Morgan fingerprint density at radius 3 is 2.64 bits per heavy atom. The van der Waals surface area contributed by atoms with Gasteiger partial charge in [0.25, 0.3) is 0 Å². The number of carbonyl (C=O) groups excluding carboxylic acids is 1. The number of amides is 1. The molecule has 1 unspecified atom stereocenters. The highest BCUT2D eigenvalue weighted by Gasteiger charge is 2.38. The van der Waals surface area contributed by atoms with E-state index in [0.29, 0.717) is 19.6 Å². The summed E-state index contributed by atoms with van der Waals surface area (Å²) in [6, 6.07) is 15.6. The van der Waals surface area contributed by atoms with E-state index in [1.807, 2.05) is 60.4 Å². The van der Waals surface area contributed by atoms with Gasteiger partial charge >= 0.3 is 0 Å². The molecule has 1 heterocycles. The third-order valence-electron chi connectivity index (χ3n) is 5.35. The van der Waals surface area contributed by atoms with E-state index < -0.39 is 5.60 Å². The van der Waals surface area contributed by atoms with Gasteiger partial charge in [-0.1, -0.05) is 35.9 Å². The normalized spacial score (nSPS) is 19.3. The van der Waals surface area contributed by atoms with Gasteiger partial charge in [-0.15, -0.1) is 0 Å². The molecule has 0 aliphatic carbocycles. The van der Waals surface area contributed by atoms with Crippen LogP contribution in [0.5, 0.6) is 11.5 Å². The van der Waals surface area contributed by atoms with Crippen LogP contribution < -0.4 is 9.47 Å². The minimum Gasteiger partial charge on any atom is -0.496 e. The molecule has 2 aromatic rings. The molecule has 0 saturated carbocycles. The summed E-state index contributed by atoms with van der Waals surface area (Å²) >= 11 is 0. The summed E-state index contributed by atoms with van der Waals surface area (Å²) < 4.78 is 17.2. The predicted molar refractivity (Wildman–Crippen MR) is 109 cm³/mol. The Hall–Kier alpha value is -2.53. The lowest BCUT2D eigenvalue weighted by Gasteiger charge is -2.41. The fourth-order valence-corrected chi connectivity index (χ4v) is 3.71. The van der Waals surface area contributed by atoms with Gasteiger partial charge in [-0.3, -0.25) is 4.79 Å². The number of methoxy groups -OCH3 is 2. The Balaban J connectivity index is 1.67. The third-order valence-corrected chi connectivity index (χ3v) is 5.35. The van der Waals surface area contributed by atoms with Crippen LogP contribution in [0.25, 0.3) is 0 Å². The third kappa shape index (κ3) is 4.84. The van der Waals surface area contributed by atoms with E-state index in [0.717, 1.165) is 42.0 Å². The Kier molecular flexibility index (Phi) is 6.57. The van der Waals surface area contributed by atoms with E-state index in [1.54, 1.807) is 14.2 Å². The predicted octanol–water partition coefficient (Wildman–Crippen LogP) is 3.63. The van der Waals surface area contributed by atoms with Crippen LogP contribution in [0.1, 0.15) is 24.0 Å². The Morgan fingerprint density at radius 2 is 1.93 bits per heavy atom. The first-order chi connectivity index (χ1) is 13.5. The average molecular weight is 383 g/mol. The second kappa shape index (κ2) is 9.11. The van der Waals surface area contributed by atoms with Crippen molar-refractivity contribution in [3.63, 3.8) is 0 Å². The van der Waals surface area contributed by atoms with Gasteiger partial charge in [-0.2, -0.15) is 0 Å². The van der Waals surface area contributed by atoms with Crippen LogP contribution in [-0.2, 0) is 16.0 Å².